The second kappa shape index (κ2) is 11.6. The zero-order chi connectivity index (χ0) is 19.4. The third kappa shape index (κ3) is 7.28. The van der Waals surface area contributed by atoms with Crippen molar-refractivity contribution in [2.45, 2.75) is 26.7 Å². The first kappa shape index (κ1) is 21.1. The number of esters is 1. The fourth-order valence-electron chi connectivity index (χ4n) is 1.88. The second-order valence-electron chi connectivity index (χ2n) is 5.35. The molecule has 0 amide bonds. The van der Waals surface area contributed by atoms with E-state index in [1.807, 2.05) is 19.1 Å². The maximum Gasteiger partial charge on any atom is 0.330 e. The first-order chi connectivity index (χ1) is 12.5. The fraction of sp³-hybridized carbons (Fsp3) is 0.368. The van der Waals surface area contributed by atoms with E-state index in [0.29, 0.717) is 30.5 Å². The van der Waals surface area contributed by atoms with Crippen molar-refractivity contribution in [1.82, 2.24) is 10.1 Å². The molecule has 0 atom stereocenters. The molecule has 26 heavy (non-hydrogen) atoms. The molecular formula is C19H23N3O4. The molecule has 0 N–H and O–H groups in total. The number of carbonyl (C=O) groups is 1. The van der Waals surface area contributed by atoms with E-state index in [-0.39, 0.29) is 5.97 Å². The monoisotopic (exact) mass is 357 g/mol. The topological polar surface area (TPSA) is 98.2 Å². The summed E-state index contributed by atoms with van der Waals surface area (Å²) in [4.78, 5) is 14.6. The van der Waals surface area contributed by atoms with Crippen LogP contribution in [-0.2, 0) is 14.3 Å². The normalized spacial score (nSPS) is 9.62. The summed E-state index contributed by atoms with van der Waals surface area (Å²) in [6.45, 7) is 8.07. The van der Waals surface area contributed by atoms with E-state index in [4.69, 9.17) is 19.3 Å². The minimum Gasteiger partial charge on any atom is -0.463 e. The molecule has 0 aliphatic carbocycles. The minimum atomic E-state index is -0.359. The zero-order valence-electron chi connectivity index (χ0n) is 15.3. The van der Waals surface area contributed by atoms with Crippen LogP contribution in [0, 0.1) is 25.2 Å². The molecule has 2 aromatic rings. The number of methoxy groups -OCH3 is 1. The summed E-state index contributed by atoms with van der Waals surface area (Å²) in [6, 6.07) is 7.64. The van der Waals surface area contributed by atoms with E-state index in [2.05, 4.69) is 22.8 Å². The summed E-state index contributed by atoms with van der Waals surface area (Å²) in [5.41, 5.74) is 2.38. The van der Waals surface area contributed by atoms with Crippen molar-refractivity contribution >= 4 is 5.97 Å². The third-order valence-electron chi connectivity index (χ3n) is 3.30. The number of carbonyl (C=O) groups excluding carboxylic acids is 1. The highest BCUT2D eigenvalue weighted by Crippen LogP contribution is 2.19. The molecular weight excluding hydrogens is 334 g/mol. The van der Waals surface area contributed by atoms with Gasteiger partial charge in [-0.3, -0.25) is 0 Å². The molecule has 7 nitrogen and oxygen atoms in total. The van der Waals surface area contributed by atoms with Gasteiger partial charge < -0.3 is 14.0 Å². The summed E-state index contributed by atoms with van der Waals surface area (Å²) < 4.78 is 14.4. The summed E-state index contributed by atoms with van der Waals surface area (Å²) in [5, 5.41) is 12.7. The molecule has 0 fully saturated rings. The lowest BCUT2D eigenvalue weighted by Crippen LogP contribution is -2.02. The average molecular weight is 357 g/mol. The molecule has 0 spiro atoms. The van der Waals surface area contributed by atoms with Gasteiger partial charge in [-0.2, -0.15) is 10.2 Å². The Morgan fingerprint density at radius 1 is 1.35 bits per heavy atom. The van der Waals surface area contributed by atoms with E-state index in [0.717, 1.165) is 30.0 Å². The van der Waals surface area contributed by atoms with Crippen molar-refractivity contribution in [1.29, 1.82) is 5.26 Å². The lowest BCUT2D eigenvalue weighted by Gasteiger charge is -2.00. The second-order valence-corrected chi connectivity index (χ2v) is 5.35. The van der Waals surface area contributed by atoms with E-state index < -0.39 is 0 Å². The Balaban J connectivity index is 0.000000276. The number of benzene rings is 1. The molecule has 0 unspecified atom stereocenters. The van der Waals surface area contributed by atoms with Crippen LogP contribution in [-0.4, -0.2) is 36.4 Å². The number of ether oxygens (including phenoxy) is 2. The van der Waals surface area contributed by atoms with E-state index in [9.17, 15) is 4.79 Å². The number of hydrogen-bond donors (Lipinski definition) is 0. The van der Waals surface area contributed by atoms with Crippen LogP contribution in [0.1, 0.15) is 29.9 Å². The molecule has 0 saturated carbocycles. The van der Waals surface area contributed by atoms with Crippen molar-refractivity contribution in [3.8, 4) is 17.5 Å². The summed E-state index contributed by atoms with van der Waals surface area (Å²) in [5.74, 6) is 0.676. The minimum absolute atomic E-state index is 0.359. The molecule has 0 bridgehead atoms. The van der Waals surface area contributed by atoms with Crippen molar-refractivity contribution in [2.24, 2.45) is 0 Å². The number of aryl methyl sites for hydroxylation is 2. The quantitative estimate of drug-likeness (QED) is 0.425. The number of unbranched alkanes of at least 4 members (excludes halogenated alkanes) is 1. The van der Waals surface area contributed by atoms with Gasteiger partial charge in [0.1, 0.15) is 0 Å². The van der Waals surface area contributed by atoms with Crippen LogP contribution in [0.2, 0.25) is 0 Å². The predicted molar refractivity (Wildman–Crippen MR) is 96.2 cm³/mol. The first-order valence-corrected chi connectivity index (χ1v) is 8.11. The van der Waals surface area contributed by atoms with Crippen LogP contribution in [0.3, 0.4) is 0 Å². The van der Waals surface area contributed by atoms with Gasteiger partial charge in [0, 0.05) is 32.3 Å². The molecule has 0 radical (unpaired) electrons. The summed E-state index contributed by atoms with van der Waals surface area (Å²) in [6.07, 6.45) is 2.92. The Hall–Kier alpha value is -2.98. The molecule has 1 aromatic carbocycles. The van der Waals surface area contributed by atoms with E-state index in [1.54, 1.807) is 20.1 Å². The Morgan fingerprint density at radius 3 is 2.65 bits per heavy atom. The molecule has 0 aliphatic rings. The Bertz CT molecular complexity index is 762. The molecule has 138 valence electrons. The highest BCUT2D eigenvalue weighted by Gasteiger charge is 2.07. The zero-order valence-corrected chi connectivity index (χ0v) is 15.3. The maximum atomic E-state index is 10.5. The van der Waals surface area contributed by atoms with Gasteiger partial charge >= 0.3 is 5.97 Å². The van der Waals surface area contributed by atoms with Crippen LogP contribution < -0.4 is 0 Å². The van der Waals surface area contributed by atoms with Gasteiger partial charge in [-0.05, 0) is 31.4 Å². The third-order valence-corrected chi connectivity index (χ3v) is 3.30. The maximum absolute atomic E-state index is 10.5. The van der Waals surface area contributed by atoms with E-state index >= 15 is 0 Å². The Morgan fingerprint density at radius 2 is 2.08 bits per heavy atom. The summed E-state index contributed by atoms with van der Waals surface area (Å²) in [7, 11) is 1.65. The van der Waals surface area contributed by atoms with Gasteiger partial charge in [0.05, 0.1) is 18.2 Å². The molecule has 0 saturated heterocycles. The van der Waals surface area contributed by atoms with Crippen molar-refractivity contribution < 1.29 is 18.8 Å². The molecule has 1 heterocycles. The van der Waals surface area contributed by atoms with Gasteiger partial charge in [-0.25, -0.2) is 4.79 Å². The number of rotatable bonds is 7. The van der Waals surface area contributed by atoms with Gasteiger partial charge in [-0.1, -0.05) is 23.9 Å². The van der Waals surface area contributed by atoms with Crippen molar-refractivity contribution in [3.05, 3.63) is 47.9 Å². The van der Waals surface area contributed by atoms with Crippen LogP contribution >= 0.6 is 0 Å². The van der Waals surface area contributed by atoms with Gasteiger partial charge in [0.15, 0.2) is 0 Å². The lowest BCUT2D eigenvalue weighted by molar-refractivity contribution is -0.137. The van der Waals surface area contributed by atoms with E-state index in [1.165, 1.54) is 0 Å². The predicted octanol–water partition coefficient (Wildman–Crippen LogP) is 3.37. The Kier molecular flexibility index (Phi) is 9.36. The number of nitriles is 1. The number of hydrogen-bond acceptors (Lipinski definition) is 7. The van der Waals surface area contributed by atoms with Crippen LogP contribution in [0.5, 0.6) is 0 Å². The van der Waals surface area contributed by atoms with Crippen LogP contribution in [0.15, 0.2) is 35.4 Å². The molecule has 1 aromatic heterocycles. The fourth-order valence-corrected chi connectivity index (χ4v) is 1.88. The highest BCUT2D eigenvalue weighted by atomic mass is 16.5. The smallest absolute Gasteiger partial charge is 0.330 e. The van der Waals surface area contributed by atoms with Crippen molar-refractivity contribution in [3.63, 3.8) is 0 Å². The van der Waals surface area contributed by atoms with Crippen LogP contribution in [0.25, 0.3) is 11.4 Å². The standard InChI is InChI=1S/C11H9N3O.C8H14O3/c1-7-3-4-9(5-10(7)6-12)11-13-8(2)15-14-11;1-3-8(9)11-7-5-4-6-10-2/h3-5H,1-2H3;3H,1,4-7H2,2H3. The number of aromatic nitrogens is 2. The number of nitrogens with zero attached hydrogens (tertiary/aromatic N) is 3. The average Bonchev–Trinajstić information content (AvgIpc) is 3.08. The summed E-state index contributed by atoms with van der Waals surface area (Å²) >= 11 is 0. The van der Waals surface area contributed by atoms with Gasteiger partial charge in [0.2, 0.25) is 11.7 Å². The molecule has 2 rings (SSSR count). The SMILES string of the molecule is C=CC(=O)OCCCCOC.Cc1nc(-c2ccc(C)c(C#N)c2)no1. The molecule has 0 aliphatic heterocycles. The van der Waals surface area contributed by atoms with Crippen LogP contribution in [0.4, 0.5) is 0 Å². The highest BCUT2D eigenvalue weighted by molar-refractivity contribution is 5.81. The largest absolute Gasteiger partial charge is 0.463 e. The molecule has 7 heteroatoms. The Labute approximate surface area is 153 Å². The van der Waals surface area contributed by atoms with Crippen molar-refractivity contribution in [2.75, 3.05) is 20.3 Å². The first-order valence-electron chi connectivity index (χ1n) is 8.11. The van der Waals surface area contributed by atoms with Gasteiger partial charge in [0.25, 0.3) is 0 Å². The van der Waals surface area contributed by atoms with Gasteiger partial charge in [-0.15, -0.1) is 0 Å². The lowest BCUT2D eigenvalue weighted by atomic mass is 10.1.